The highest BCUT2D eigenvalue weighted by atomic mass is 16.2. The van der Waals surface area contributed by atoms with Crippen LogP contribution in [-0.4, -0.2) is 40.5 Å². The Kier molecular flexibility index (Phi) is 4.34. The molecule has 0 bridgehead atoms. The Morgan fingerprint density at radius 3 is 2.68 bits per heavy atom. The molecule has 0 atom stereocenters. The first-order valence-corrected chi connectivity index (χ1v) is 7.51. The summed E-state index contributed by atoms with van der Waals surface area (Å²) in [6.45, 7) is 2.22. The molecule has 5 heteroatoms. The molecule has 1 aromatic carbocycles. The van der Waals surface area contributed by atoms with Crippen LogP contribution in [0.25, 0.3) is 22.2 Å². The van der Waals surface area contributed by atoms with Crippen molar-refractivity contribution in [2.75, 3.05) is 25.1 Å². The van der Waals surface area contributed by atoms with E-state index in [-0.39, 0.29) is 0 Å². The fourth-order valence-electron chi connectivity index (χ4n) is 2.87. The van der Waals surface area contributed by atoms with Gasteiger partial charge in [0.15, 0.2) is 0 Å². The van der Waals surface area contributed by atoms with Crippen molar-refractivity contribution in [3.8, 4) is 11.3 Å². The van der Waals surface area contributed by atoms with Gasteiger partial charge in [0.25, 0.3) is 0 Å². The van der Waals surface area contributed by atoms with Gasteiger partial charge in [-0.15, -0.1) is 0 Å². The summed E-state index contributed by atoms with van der Waals surface area (Å²) in [5.74, 6) is 1.06. The molecule has 1 fully saturated rings. The predicted octanol–water partition coefficient (Wildman–Crippen LogP) is 2.83. The molecule has 1 aliphatic rings. The molecule has 22 heavy (non-hydrogen) atoms. The van der Waals surface area contributed by atoms with Gasteiger partial charge in [-0.1, -0.05) is 18.2 Å². The zero-order chi connectivity index (χ0) is 15.4. The Balaban J connectivity index is 0.000000693. The van der Waals surface area contributed by atoms with Crippen LogP contribution in [0.15, 0.2) is 42.6 Å². The molecule has 0 amide bonds. The number of hydrogen-bond donors (Lipinski definition) is 2. The number of hydrogen-bond acceptors (Lipinski definition) is 4. The first-order chi connectivity index (χ1) is 10.9. The third kappa shape index (κ3) is 2.67. The van der Waals surface area contributed by atoms with Gasteiger partial charge in [0.2, 0.25) is 0 Å². The molecular formula is C17H20N4O. The van der Waals surface area contributed by atoms with Crippen LogP contribution in [0.5, 0.6) is 0 Å². The van der Waals surface area contributed by atoms with E-state index in [1.807, 2.05) is 24.4 Å². The summed E-state index contributed by atoms with van der Waals surface area (Å²) in [5.41, 5.74) is 3.20. The Morgan fingerprint density at radius 2 is 1.86 bits per heavy atom. The number of nitrogens with one attached hydrogen (secondary N) is 1. The smallest absolute Gasteiger partial charge is 0.129 e. The number of aliphatic hydroxyl groups is 1. The number of aromatic nitrogens is 3. The third-order valence-corrected chi connectivity index (χ3v) is 3.92. The van der Waals surface area contributed by atoms with Crippen LogP contribution in [0, 0.1) is 0 Å². The van der Waals surface area contributed by atoms with E-state index >= 15 is 0 Å². The van der Waals surface area contributed by atoms with Crippen LogP contribution < -0.4 is 4.90 Å². The quantitative estimate of drug-likeness (QED) is 0.763. The SMILES string of the molecule is CO.c1ccc2c(-c3ccnc(N4CCCC4)c3)n[nH]c2c1. The second-order valence-electron chi connectivity index (χ2n) is 5.21. The maximum absolute atomic E-state index is 7.00. The summed E-state index contributed by atoms with van der Waals surface area (Å²) in [4.78, 5) is 6.84. The van der Waals surface area contributed by atoms with Crippen molar-refractivity contribution < 1.29 is 5.11 Å². The lowest BCUT2D eigenvalue weighted by Gasteiger charge is -2.16. The van der Waals surface area contributed by atoms with Gasteiger partial charge >= 0.3 is 0 Å². The van der Waals surface area contributed by atoms with Crippen LogP contribution in [0.2, 0.25) is 0 Å². The monoisotopic (exact) mass is 296 g/mol. The number of anilines is 1. The summed E-state index contributed by atoms with van der Waals surface area (Å²) < 4.78 is 0. The van der Waals surface area contributed by atoms with E-state index in [9.17, 15) is 0 Å². The highest BCUT2D eigenvalue weighted by molar-refractivity contribution is 5.93. The zero-order valence-electron chi connectivity index (χ0n) is 12.7. The number of aliphatic hydroxyl groups excluding tert-OH is 1. The Bertz CT molecular complexity index is 747. The number of pyridine rings is 1. The summed E-state index contributed by atoms with van der Waals surface area (Å²) in [6, 6.07) is 12.4. The summed E-state index contributed by atoms with van der Waals surface area (Å²) in [6.07, 6.45) is 4.40. The van der Waals surface area contributed by atoms with Gasteiger partial charge in [0.1, 0.15) is 11.5 Å². The van der Waals surface area contributed by atoms with Crippen molar-refractivity contribution in [2.24, 2.45) is 0 Å². The predicted molar refractivity (Wildman–Crippen MR) is 88.9 cm³/mol. The number of H-pyrrole nitrogens is 1. The fraction of sp³-hybridized carbons (Fsp3) is 0.294. The zero-order valence-corrected chi connectivity index (χ0v) is 12.7. The molecule has 2 N–H and O–H groups in total. The van der Waals surface area contributed by atoms with Crippen molar-refractivity contribution in [1.29, 1.82) is 0 Å². The second-order valence-corrected chi connectivity index (χ2v) is 5.21. The van der Waals surface area contributed by atoms with Gasteiger partial charge < -0.3 is 10.0 Å². The maximum Gasteiger partial charge on any atom is 0.129 e. The minimum absolute atomic E-state index is 1.00. The third-order valence-electron chi connectivity index (χ3n) is 3.92. The average Bonchev–Trinajstić information content (AvgIpc) is 3.27. The minimum atomic E-state index is 1.00. The lowest BCUT2D eigenvalue weighted by atomic mass is 10.1. The van der Waals surface area contributed by atoms with E-state index < -0.39 is 0 Å². The largest absolute Gasteiger partial charge is 0.400 e. The summed E-state index contributed by atoms with van der Waals surface area (Å²) in [7, 11) is 1.00. The van der Waals surface area contributed by atoms with E-state index in [1.165, 1.54) is 12.8 Å². The maximum atomic E-state index is 7.00. The molecule has 1 saturated heterocycles. The van der Waals surface area contributed by atoms with Crippen LogP contribution >= 0.6 is 0 Å². The van der Waals surface area contributed by atoms with Crippen molar-refractivity contribution in [3.63, 3.8) is 0 Å². The summed E-state index contributed by atoms with van der Waals surface area (Å²) >= 11 is 0. The Hall–Kier alpha value is -2.40. The van der Waals surface area contributed by atoms with Crippen LogP contribution in [0.3, 0.4) is 0 Å². The molecule has 0 saturated carbocycles. The molecule has 4 rings (SSSR count). The topological polar surface area (TPSA) is 65.0 Å². The van der Waals surface area contributed by atoms with Crippen LogP contribution in [0.1, 0.15) is 12.8 Å². The molecule has 5 nitrogen and oxygen atoms in total. The molecule has 3 heterocycles. The van der Waals surface area contributed by atoms with Gasteiger partial charge in [0, 0.05) is 37.3 Å². The highest BCUT2D eigenvalue weighted by Gasteiger charge is 2.15. The second kappa shape index (κ2) is 6.58. The van der Waals surface area contributed by atoms with Gasteiger partial charge in [-0.3, -0.25) is 5.10 Å². The summed E-state index contributed by atoms with van der Waals surface area (Å²) in [5, 5.41) is 15.7. The number of aromatic amines is 1. The molecule has 2 aromatic heterocycles. The van der Waals surface area contributed by atoms with Crippen LogP contribution in [-0.2, 0) is 0 Å². The lowest BCUT2D eigenvalue weighted by molar-refractivity contribution is 0.399. The van der Waals surface area contributed by atoms with E-state index in [2.05, 4.69) is 38.3 Å². The van der Waals surface area contributed by atoms with E-state index in [0.717, 1.165) is 48.2 Å². The number of fused-ring (bicyclic) bond motifs is 1. The molecule has 0 unspecified atom stereocenters. The van der Waals surface area contributed by atoms with E-state index in [0.29, 0.717) is 0 Å². The van der Waals surface area contributed by atoms with Gasteiger partial charge in [0.05, 0.1) is 5.52 Å². The van der Waals surface area contributed by atoms with Crippen LogP contribution in [0.4, 0.5) is 5.82 Å². The normalized spacial score (nSPS) is 14.0. The van der Waals surface area contributed by atoms with Crippen molar-refractivity contribution in [3.05, 3.63) is 42.6 Å². The Morgan fingerprint density at radius 1 is 1.09 bits per heavy atom. The molecule has 1 aliphatic heterocycles. The Labute approximate surface area is 129 Å². The highest BCUT2D eigenvalue weighted by Crippen LogP contribution is 2.28. The lowest BCUT2D eigenvalue weighted by Crippen LogP contribution is -2.18. The fourth-order valence-corrected chi connectivity index (χ4v) is 2.87. The number of para-hydroxylation sites is 1. The number of benzene rings is 1. The molecule has 0 aliphatic carbocycles. The molecule has 0 radical (unpaired) electrons. The standard InChI is InChI=1S/C16H16N4.CH4O/c1-2-6-14-13(5-1)16(19-18-14)12-7-8-17-15(11-12)20-9-3-4-10-20;1-2/h1-2,5-8,11H,3-4,9-10H2,(H,18,19);2H,1H3. The van der Waals surface area contributed by atoms with Crippen molar-refractivity contribution in [2.45, 2.75) is 12.8 Å². The van der Waals surface area contributed by atoms with Gasteiger partial charge in [-0.05, 0) is 31.0 Å². The molecular weight excluding hydrogens is 276 g/mol. The van der Waals surface area contributed by atoms with Gasteiger partial charge in [-0.25, -0.2) is 4.98 Å². The molecule has 0 spiro atoms. The molecule has 114 valence electrons. The van der Waals surface area contributed by atoms with Gasteiger partial charge in [-0.2, -0.15) is 5.10 Å². The van der Waals surface area contributed by atoms with E-state index in [4.69, 9.17) is 5.11 Å². The average molecular weight is 296 g/mol. The minimum Gasteiger partial charge on any atom is -0.400 e. The first-order valence-electron chi connectivity index (χ1n) is 7.51. The molecule has 3 aromatic rings. The number of nitrogens with zero attached hydrogens (tertiary/aromatic N) is 3. The van der Waals surface area contributed by atoms with E-state index in [1.54, 1.807) is 0 Å². The van der Waals surface area contributed by atoms with Crippen molar-refractivity contribution >= 4 is 16.7 Å². The number of rotatable bonds is 2. The first kappa shape index (κ1) is 14.5. The van der Waals surface area contributed by atoms with Crippen molar-refractivity contribution in [1.82, 2.24) is 15.2 Å².